The Morgan fingerprint density at radius 3 is 0.986 bits per heavy atom. The van der Waals surface area contributed by atoms with E-state index in [4.69, 9.17) is 71.1 Å². The lowest BCUT2D eigenvalue weighted by molar-refractivity contribution is -0.236. The molecule has 35 heteroatoms. The van der Waals surface area contributed by atoms with Crippen LogP contribution in [0.3, 0.4) is 0 Å². The van der Waals surface area contributed by atoms with Gasteiger partial charge < -0.3 is 121 Å². The molecule has 5 saturated heterocycles. The minimum absolute atomic E-state index is 0.00842. The second-order valence-electron chi connectivity index (χ2n) is 41.9. The highest BCUT2D eigenvalue weighted by Crippen LogP contribution is 2.56. The molecule has 1 unspecified atom stereocenters. The van der Waals surface area contributed by atoms with Gasteiger partial charge in [0, 0.05) is 129 Å². The van der Waals surface area contributed by atoms with E-state index in [1.807, 2.05) is 160 Å². The molecular weight excluding hydrogens is 1900 g/mol. The Bertz CT molecular complexity index is 5640. The van der Waals surface area contributed by atoms with E-state index in [0.717, 1.165) is 94.6 Å². The Kier molecular flexibility index (Phi) is 37.0. The number of aliphatic hydroxyl groups excluding tert-OH is 5. The molecule has 9 fully saturated rings. The number of hydrogen-bond acceptors (Lipinski definition) is 26. The molecule has 7 aromatic carbocycles. The van der Waals surface area contributed by atoms with Crippen molar-refractivity contribution < 1.29 is 134 Å². The van der Waals surface area contributed by atoms with Crippen LogP contribution in [-0.2, 0) is 37.2 Å². The molecule has 8 aromatic rings. The lowest BCUT2D eigenvalue weighted by atomic mass is 9.70. The second-order valence-corrected chi connectivity index (χ2v) is 41.9. The lowest BCUT2D eigenvalue weighted by Crippen LogP contribution is -2.48. The van der Waals surface area contributed by atoms with Crippen LogP contribution in [0, 0.1) is 38.9 Å². The molecule has 147 heavy (non-hydrogen) atoms. The molecule has 6 heterocycles. The first-order chi connectivity index (χ1) is 70.1. The van der Waals surface area contributed by atoms with Crippen LogP contribution < -0.4 is 47.4 Å². The highest BCUT2D eigenvalue weighted by molar-refractivity contribution is 5.77. The molecule has 804 valence electrons. The first-order valence-corrected chi connectivity index (χ1v) is 50.8. The number of halogens is 3. The monoisotopic (exact) mass is 2050 g/mol. The number of benzene rings is 7. The van der Waals surface area contributed by atoms with Crippen molar-refractivity contribution in [2.45, 2.75) is 217 Å². The summed E-state index contributed by atoms with van der Waals surface area (Å²) in [5.74, 6) is 6.64. The van der Waals surface area contributed by atoms with Crippen LogP contribution in [0.1, 0.15) is 195 Å². The van der Waals surface area contributed by atoms with Crippen LogP contribution in [0.5, 0.6) is 63.5 Å². The maximum atomic E-state index is 13.5. The summed E-state index contributed by atoms with van der Waals surface area (Å²) in [5, 5.41) is 53.1. The number of aromatic nitrogens is 2. The molecule has 1 aromatic heterocycles. The summed E-state index contributed by atoms with van der Waals surface area (Å²) in [5.41, 5.74) is 3.79. The van der Waals surface area contributed by atoms with Gasteiger partial charge in [0.15, 0.2) is 63.6 Å². The number of likely N-dealkylation sites (tertiary alicyclic amines) is 5. The largest absolute Gasteiger partial charge is 0.493 e. The van der Waals surface area contributed by atoms with Crippen molar-refractivity contribution in [3.63, 3.8) is 0 Å². The SMILES string of the molecule is COC(=O)N1C[C@@H](c2ccc(OC)c(OCC3CC3)c2)[C@](C)([C@@H](C)O)C1.COC(=O)N1C[C@@H](c2ccc(OC)c(OCC3CC3)c2)[C@](C)([C@H](C)O)C1.COC(=O)N1C[C@@H](c2ccc(OC)c(Oc3nc4ccccc4n3C)c2)[C@](C)([C@H](C)O)C1.COC(=O)N1C[C@H](c2ccc(OC)c(OC3CCCC3)c2)[C@](C)(C(O)C(F)(F)F)C1.COC(=O)N1C[C@H](c2ccc(OC)c(OC3CCCC3)c2)[C@](C)([C@H](O)Cc2ccccc2)C1. The van der Waals surface area contributed by atoms with E-state index >= 15 is 0 Å². The number of imidazole rings is 1. The van der Waals surface area contributed by atoms with Crippen molar-refractivity contribution in [1.82, 2.24) is 34.1 Å². The average Bonchev–Trinajstić information content (AvgIpc) is 1.58. The number of carbonyl (C=O) groups is 5. The van der Waals surface area contributed by atoms with Gasteiger partial charge >= 0.3 is 42.7 Å². The topological polar surface area (TPSA) is 359 Å². The zero-order valence-corrected chi connectivity index (χ0v) is 88.3. The molecule has 5 N–H and O–H groups in total. The Morgan fingerprint density at radius 1 is 0.374 bits per heavy atom. The maximum absolute atomic E-state index is 13.5. The van der Waals surface area contributed by atoms with Crippen LogP contribution in [0.25, 0.3) is 11.0 Å². The Hall–Kier alpha value is -12.1. The van der Waals surface area contributed by atoms with Crippen molar-refractivity contribution in [3.05, 3.63) is 179 Å². The molecule has 0 spiro atoms. The summed E-state index contributed by atoms with van der Waals surface area (Å²) in [6.45, 7) is 19.5. The average molecular weight is 2050 g/mol. The number of aliphatic hydroxyl groups is 5. The van der Waals surface area contributed by atoms with E-state index in [1.165, 1.54) is 93.0 Å². The number of ether oxygens (including phenoxy) is 15. The number of carbonyl (C=O) groups excluding carboxylic acids is 5. The van der Waals surface area contributed by atoms with Gasteiger partial charge in [-0.05, 0) is 222 Å². The minimum atomic E-state index is -4.82. The quantitative estimate of drug-likeness (QED) is 0.0272. The van der Waals surface area contributed by atoms with Gasteiger partial charge in [0.1, 0.15) is 0 Å². The Morgan fingerprint density at radius 2 is 0.667 bits per heavy atom. The Balaban J connectivity index is 0.000000154. The number of para-hydroxylation sites is 2. The first-order valence-electron chi connectivity index (χ1n) is 50.8. The lowest BCUT2D eigenvalue weighted by Gasteiger charge is -2.36. The normalized spacial score (nSPS) is 24.8. The molecule has 15 atom stereocenters. The standard InChI is InChI=1S/C27H35NO5.C24H29N3O5.C21H28F3NO5.2C20H29NO5/c1-27(25(29)15-19-9-5-4-6-10-19)18-28(26(30)32-3)17-22(27)20-13-14-23(31-2)24(16-20)33-21-11-7-8-12-21;1-15(28)24(2)14-27(23(29)31-5)13-17(24)16-10-11-20(30-4)21(12-16)32-22-25-18-8-6-7-9-19(18)26(22)3;1-20(18(26)21(22,23)24)12-25(19(27)29-3)11-15(20)13-8-9-16(28-2)17(10-13)30-14-6-4-5-7-14;2*1-13(22)20(2)12-21(19(23)25-4)10-16(20)15-7-8-17(24-3)18(9-15)26-11-14-5-6-14/h4-6,9-10,13-14,16,21-22,25,29H,7-8,11-12,15,17-18H2,1-3H3;6-12,15,17,28H,13-14H2,1-5H3;8-10,14-15,18,26H,4-7,11-12H2,1-3H3;2*7-9,13-14,16,22H,5-6,10-12H2,1-4H3/t22-,25-,27-;15-,17-,24-;15-,18?,20-;13-,16+,20+;13-,16-,20-/m10110/s1. The molecule has 4 aliphatic carbocycles. The Labute approximate surface area is 860 Å². The smallest absolute Gasteiger partial charge is 0.414 e. The van der Waals surface area contributed by atoms with Crippen LogP contribution in [0.4, 0.5) is 37.1 Å². The fraction of sp³-hybridized carbons (Fsp3) is 0.571. The highest BCUT2D eigenvalue weighted by Gasteiger charge is 2.60. The molecule has 9 aliphatic rings. The van der Waals surface area contributed by atoms with Crippen molar-refractivity contribution in [2.24, 2.45) is 46.0 Å². The van der Waals surface area contributed by atoms with Crippen LogP contribution in [0.2, 0.25) is 0 Å². The number of aryl methyl sites for hydroxylation is 1. The predicted molar refractivity (Wildman–Crippen MR) is 545 cm³/mol. The molecule has 32 nitrogen and oxygen atoms in total. The molecular formula is C112H150F3N7O25. The van der Waals surface area contributed by atoms with Crippen LogP contribution in [-0.4, -0.2) is 289 Å². The number of amides is 5. The third-order valence-electron chi connectivity index (χ3n) is 32.1. The zero-order valence-electron chi connectivity index (χ0n) is 88.3. The fourth-order valence-electron chi connectivity index (χ4n) is 21.9. The minimum Gasteiger partial charge on any atom is -0.493 e. The van der Waals surface area contributed by atoms with Crippen molar-refractivity contribution in [3.8, 4) is 63.5 Å². The summed E-state index contributed by atoms with van der Waals surface area (Å²) in [4.78, 5) is 73.2. The van der Waals surface area contributed by atoms with Crippen LogP contribution >= 0.6 is 0 Å². The third kappa shape index (κ3) is 25.7. The number of hydrogen-bond donors (Lipinski definition) is 5. The summed E-state index contributed by atoms with van der Waals surface area (Å²) >= 11 is 0. The van der Waals surface area contributed by atoms with Gasteiger partial charge in [0.05, 0.1) is 132 Å². The van der Waals surface area contributed by atoms with Crippen molar-refractivity contribution >= 4 is 41.5 Å². The van der Waals surface area contributed by atoms with Gasteiger partial charge in [0.25, 0.3) is 0 Å². The number of rotatable bonds is 29. The van der Waals surface area contributed by atoms with Gasteiger partial charge in [0.2, 0.25) is 0 Å². The summed E-state index contributed by atoms with van der Waals surface area (Å²) in [6, 6.07) is 46.7. The number of alkyl halides is 3. The van der Waals surface area contributed by atoms with Crippen molar-refractivity contribution in [1.29, 1.82) is 0 Å². The molecule has 5 amide bonds. The van der Waals surface area contributed by atoms with Crippen LogP contribution in [0.15, 0.2) is 146 Å². The summed E-state index contributed by atoms with van der Waals surface area (Å²) < 4.78 is 125. The van der Waals surface area contributed by atoms with E-state index in [0.29, 0.717) is 136 Å². The predicted octanol–water partition coefficient (Wildman–Crippen LogP) is 18.9. The summed E-state index contributed by atoms with van der Waals surface area (Å²) in [6.07, 6.45) is 2.04. The first kappa shape index (κ1) is 112. The van der Waals surface area contributed by atoms with E-state index in [9.17, 15) is 62.7 Å². The van der Waals surface area contributed by atoms with E-state index in [1.54, 1.807) is 87.0 Å². The molecule has 0 radical (unpaired) electrons. The maximum Gasteiger partial charge on any atom is 0.414 e. The van der Waals surface area contributed by atoms with E-state index in [-0.39, 0.29) is 67.2 Å². The van der Waals surface area contributed by atoms with Gasteiger partial charge in [-0.15, -0.1) is 0 Å². The van der Waals surface area contributed by atoms with E-state index < -0.39 is 81.9 Å². The second kappa shape index (κ2) is 48.5. The molecule has 5 aliphatic heterocycles. The zero-order chi connectivity index (χ0) is 106. The number of fused-ring (bicyclic) bond motifs is 1. The summed E-state index contributed by atoms with van der Waals surface area (Å²) in [7, 11) is 16.6. The number of nitrogens with zero attached hydrogens (tertiary/aromatic N) is 7. The van der Waals surface area contributed by atoms with Gasteiger partial charge in [-0.25, -0.2) is 24.0 Å². The molecule has 17 rings (SSSR count). The van der Waals surface area contributed by atoms with Gasteiger partial charge in [-0.2, -0.15) is 18.2 Å². The van der Waals surface area contributed by atoms with Gasteiger partial charge in [-0.3, -0.25) is 4.57 Å². The molecule has 4 saturated carbocycles. The molecule has 0 bridgehead atoms. The van der Waals surface area contributed by atoms with E-state index in [2.05, 4.69) is 11.9 Å². The third-order valence-corrected chi connectivity index (χ3v) is 32.1. The fourth-order valence-corrected chi connectivity index (χ4v) is 21.9. The van der Waals surface area contributed by atoms with Crippen molar-refractivity contribution in [2.75, 3.05) is 150 Å². The highest BCUT2D eigenvalue weighted by atomic mass is 19.4. The van der Waals surface area contributed by atoms with Gasteiger partial charge in [-0.1, -0.05) is 107 Å². The number of methoxy groups -OCH3 is 10.